The Balaban J connectivity index is 2.59. The van der Waals surface area contributed by atoms with Gasteiger partial charge in [0.2, 0.25) is 10.5 Å². The number of benzene rings is 1. The lowest BCUT2D eigenvalue weighted by molar-refractivity contribution is -0.385. The van der Waals surface area contributed by atoms with Gasteiger partial charge in [0.15, 0.2) is 0 Å². The molecule has 0 unspecified atom stereocenters. The summed E-state index contributed by atoms with van der Waals surface area (Å²) in [4.78, 5) is 22.5. The van der Waals surface area contributed by atoms with E-state index in [-0.39, 0.29) is 33.2 Å². The fourth-order valence-electron chi connectivity index (χ4n) is 1.85. The van der Waals surface area contributed by atoms with Crippen LogP contribution in [0.2, 0.25) is 0 Å². The van der Waals surface area contributed by atoms with Crippen LogP contribution in [0.1, 0.15) is 11.3 Å². The van der Waals surface area contributed by atoms with E-state index >= 15 is 0 Å². The maximum absolute atomic E-state index is 12.0. The van der Waals surface area contributed by atoms with Crippen molar-refractivity contribution in [3.05, 3.63) is 48.6 Å². The molecule has 0 aliphatic heterocycles. The standard InChI is InChI=1S/C13H13N5O5S/c1-7-12(19)17(13(24)16-15-7)14-6-8-4-9(18(20)21)11(23-3)5-10(8)22-2/h4-6H,1-3H3,(H,16,24)/b14-6-. The zero-order valence-corrected chi connectivity index (χ0v) is 13.8. The number of aromatic nitrogens is 3. The van der Waals surface area contributed by atoms with Crippen molar-refractivity contribution in [2.45, 2.75) is 6.92 Å². The van der Waals surface area contributed by atoms with Gasteiger partial charge in [0, 0.05) is 17.7 Å². The molecule has 24 heavy (non-hydrogen) atoms. The highest BCUT2D eigenvalue weighted by Crippen LogP contribution is 2.33. The topological polar surface area (TPSA) is 125 Å². The zero-order chi connectivity index (χ0) is 17.9. The first kappa shape index (κ1) is 17.3. The van der Waals surface area contributed by atoms with E-state index in [4.69, 9.17) is 21.7 Å². The van der Waals surface area contributed by atoms with E-state index < -0.39 is 10.5 Å². The van der Waals surface area contributed by atoms with Crippen molar-refractivity contribution in [2.24, 2.45) is 5.10 Å². The van der Waals surface area contributed by atoms with E-state index in [9.17, 15) is 14.9 Å². The van der Waals surface area contributed by atoms with Crippen LogP contribution in [0.3, 0.4) is 0 Å². The number of hydrogen-bond donors (Lipinski definition) is 1. The van der Waals surface area contributed by atoms with Crippen LogP contribution in [0.5, 0.6) is 11.5 Å². The number of ether oxygens (including phenoxy) is 2. The summed E-state index contributed by atoms with van der Waals surface area (Å²) in [5, 5.41) is 21.3. The molecule has 126 valence electrons. The highest BCUT2D eigenvalue weighted by molar-refractivity contribution is 7.71. The Morgan fingerprint density at radius 2 is 2.04 bits per heavy atom. The molecule has 1 N–H and O–H groups in total. The van der Waals surface area contributed by atoms with Gasteiger partial charge < -0.3 is 9.47 Å². The summed E-state index contributed by atoms with van der Waals surface area (Å²) in [5.74, 6) is 0.332. The van der Waals surface area contributed by atoms with Crippen molar-refractivity contribution < 1.29 is 14.4 Å². The minimum absolute atomic E-state index is 0.0103. The molecule has 2 rings (SSSR count). The van der Waals surface area contributed by atoms with Crippen LogP contribution in [0.4, 0.5) is 5.69 Å². The summed E-state index contributed by atoms with van der Waals surface area (Å²) in [6.45, 7) is 1.50. The lowest BCUT2D eigenvalue weighted by atomic mass is 10.1. The molecule has 0 fully saturated rings. The summed E-state index contributed by atoms with van der Waals surface area (Å²) in [6.07, 6.45) is 1.23. The second kappa shape index (κ2) is 7.00. The minimum atomic E-state index is -0.593. The van der Waals surface area contributed by atoms with E-state index in [1.54, 1.807) is 0 Å². The van der Waals surface area contributed by atoms with Crippen molar-refractivity contribution in [3.63, 3.8) is 0 Å². The number of nitro groups is 1. The molecule has 0 aliphatic carbocycles. The quantitative estimate of drug-likeness (QED) is 0.374. The van der Waals surface area contributed by atoms with Crippen LogP contribution in [0.15, 0.2) is 22.0 Å². The molecule has 0 spiro atoms. The summed E-state index contributed by atoms with van der Waals surface area (Å²) < 4.78 is 11.1. The summed E-state index contributed by atoms with van der Waals surface area (Å²) in [5.41, 5.74) is -0.311. The SMILES string of the molecule is COc1cc(OC)c([N+](=O)[O-])cc1/C=N\n1c(=S)[nH]nc(C)c1=O. The van der Waals surface area contributed by atoms with Crippen molar-refractivity contribution in [2.75, 3.05) is 14.2 Å². The first-order valence-electron chi connectivity index (χ1n) is 6.52. The number of rotatable bonds is 5. The van der Waals surface area contributed by atoms with E-state index in [0.29, 0.717) is 0 Å². The number of nitrogens with zero attached hydrogens (tertiary/aromatic N) is 4. The fourth-order valence-corrected chi connectivity index (χ4v) is 2.02. The number of methoxy groups -OCH3 is 2. The molecule has 10 nitrogen and oxygen atoms in total. The molecular weight excluding hydrogens is 338 g/mol. The summed E-state index contributed by atoms with van der Waals surface area (Å²) >= 11 is 4.95. The Hall–Kier alpha value is -3.08. The Morgan fingerprint density at radius 3 is 2.62 bits per heavy atom. The van der Waals surface area contributed by atoms with Gasteiger partial charge >= 0.3 is 5.69 Å². The number of hydrogen-bond acceptors (Lipinski definition) is 8. The van der Waals surface area contributed by atoms with Gasteiger partial charge in [-0.05, 0) is 19.1 Å². The van der Waals surface area contributed by atoms with Crippen LogP contribution in [0, 0.1) is 21.8 Å². The van der Waals surface area contributed by atoms with Crippen molar-refractivity contribution in [1.82, 2.24) is 14.9 Å². The third-order valence-corrected chi connectivity index (χ3v) is 3.32. The van der Waals surface area contributed by atoms with Gasteiger partial charge in [-0.3, -0.25) is 20.0 Å². The van der Waals surface area contributed by atoms with Gasteiger partial charge in [-0.1, -0.05) is 0 Å². The molecule has 1 heterocycles. The third-order valence-electron chi connectivity index (χ3n) is 3.05. The third kappa shape index (κ3) is 3.30. The molecule has 0 saturated heterocycles. The van der Waals surface area contributed by atoms with Gasteiger partial charge in [0.25, 0.3) is 5.56 Å². The van der Waals surface area contributed by atoms with Crippen LogP contribution >= 0.6 is 12.2 Å². The predicted molar refractivity (Wildman–Crippen MR) is 87.6 cm³/mol. The highest BCUT2D eigenvalue weighted by atomic mass is 32.1. The Bertz CT molecular complexity index is 933. The van der Waals surface area contributed by atoms with Crippen LogP contribution in [-0.4, -0.2) is 40.2 Å². The number of nitrogens with one attached hydrogen (secondary N) is 1. The number of nitro benzene ring substituents is 1. The van der Waals surface area contributed by atoms with Gasteiger partial charge in [-0.15, -0.1) is 0 Å². The average molecular weight is 351 g/mol. The first-order valence-corrected chi connectivity index (χ1v) is 6.93. The summed E-state index contributed by atoms with van der Waals surface area (Å²) in [7, 11) is 2.71. The monoisotopic (exact) mass is 351 g/mol. The van der Waals surface area contributed by atoms with Crippen molar-refractivity contribution >= 4 is 24.1 Å². The molecule has 1 aromatic heterocycles. The molecule has 0 saturated carbocycles. The number of aromatic amines is 1. The molecule has 2 aromatic rings. The Kier molecular flexibility index (Phi) is 5.04. The maximum Gasteiger partial charge on any atom is 0.311 e. The summed E-state index contributed by atoms with van der Waals surface area (Å²) in [6, 6.07) is 2.59. The highest BCUT2D eigenvalue weighted by Gasteiger charge is 2.19. The zero-order valence-electron chi connectivity index (χ0n) is 13.0. The predicted octanol–water partition coefficient (Wildman–Crippen LogP) is 1.42. The molecule has 0 aliphatic rings. The smallest absolute Gasteiger partial charge is 0.311 e. The Labute approximate surface area is 140 Å². The molecule has 0 atom stereocenters. The van der Waals surface area contributed by atoms with Crippen LogP contribution in [-0.2, 0) is 0 Å². The molecule has 0 amide bonds. The lowest BCUT2D eigenvalue weighted by Gasteiger charge is -2.08. The maximum atomic E-state index is 12.0. The Morgan fingerprint density at radius 1 is 1.38 bits per heavy atom. The van der Waals surface area contributed by atoms with Crippen molar-refractivity contribution in [3.8, 4) is 11.5 Å². The molecule has 1 aromatic carbocycles. The second-order valence-corrected chi connectivity index (χ2v) is 4.89. The molecular formula is C13H13N5O5S. The van der Waals surface area contributed by atoms with Gasteiger partial charge in [0.1, 0.15) is 11.4 Å². The van der Waals surface area contributed by atoms with Gasteiger partial charge in [-0.25, -0.2) is 0 Å². The van der Waals surface area contributed by atoms with Gasteiger partial charge in [0.05, 0.1) is 25.4 Å². The molecule has 0 radical (unpaired) electrons. The molecule has 11 heteroatoms. The van der Waals surface area contributed by atoms with Crippen LogP contribution in [0.25, 0.3) is 0 Å². The van der Waals surface area contributed by atoms with E-state index in [0.717, 1.165) is 4.68 Å². The normalized spacial score (nSPS) is 10.8. The number of H-pyrrole nitrogens is 1. The van der Waals surface area contributed by atoms with E-state index in [1.165, 1.54) is 39.5 Å². The number of aryl methyl sites for hydroxylation is 1. The van der Waals surface area contributed by atoms with Crippen molar-refractivity contribution in [1.29, 1.82) is 0 Å². The van der Waals surface area contributed by atoms with Gasteiger partial charge in [-0.2, -0.15) is 14.9 Å². The average Bonchev–Trinajstić information content (AvgIpc) is 2.57. The second-order valence-electron chi connectivity index (χ2n) is 4.50. The minimum Gasteiger partial charge on any atom is -0.496 e. The van der Waals surface area contributed by atoms with Crippen LogP contribution < -0.4 is 15.0 Å². The fraction of sp³-hybridized carbons (Fsp3) is 0.231. The van der Waals surface area contributed by atoms with E-state index in [2.05, 4.69) is 15.3 Å². The molecule has 0 bridgehead atoms. The largest absolute Gasteiger partial charge is 0.496 e. The first-order chi connectivity index (χ1) is 11.4. The van der Waals surface area contributed by atoms with E-state index in [1.807, 2.05) is 0 Å². The lowest BCUT2D eigenvalue weighted by Crippen LogP contribution is -2.22.